The predicted molar refractivity (Wildman–Crippen MR) is 112 cm³/mol. The zero-order chi connectivity index (χ0) is 21.4. The number of benzene rings is 1. The molecular weight excluding hydrogens is 393 g/mol. The second kappa shape index (κ2) is 7.85. The van der Waals surface area contributed by atoms with E-state index in [1.807, 2.05) is 4.90 Å². The highest BCUT2D eigenvalue weighted by atomic mass is 28.4. The van der Waals surface area contributed by atoms with E-state index in [-0.39, 0.29) is 30.0 Å². The number of nitrogens with zero attached hydrogens (tertiary/aromatic N) is 5. The smallest absolute Gasteiger partial charge is 0.414 e. The molecule has 0 radical (unpaired) electrons. The molecule has 0 aromatic heterocycles. The van der Waals surface area contributed by atoms with Crippen molar-refractivity contribution >= 4 is 25.8 Å². The van der Waals surface area contributed by atoms with Crippen LogP contribution in [0.4, 0.5) is 20.6 Å². The normalized spacial score (nSPS) is 20.3. The summed E-state index contributed by atoms with van der Waals surface area (Å²) in [4.78, 5) is 18.0. The summed E-state index contributed by atoms with van der Waals surface area (Å²) in [6.45, 7) is 12.6. The lowest BCUT2D eigenvalue weighted by atomic mass is 10.1. The molecule has 2 saturated heterocycles. The van der Waals surface area contributed by atoms with Gasteiger partial charge in [0, 0.05) is 18.0 Å². The van der Waals surface area contributed by atoms with Crippen LogP contribution in [0.2, 0.25) is 18.1 Å². The minimum absolute atomic E-state index is 0.0582. The van der Waals surface area contributed by atoms with Gasteiger partial charge in [-0.3, -0.25) is 4.90 Å². The van der Waals surface area contributed by atoms with Gasteiger partial charge in [0.25, 0.3) is 0 Å². The molecule has 1 unspecified atom stereocenters. The molecule has 2 fully saturated rings. The molecule has 0 aliphatic carbocycles. The third-order valence-corrected chi connectivity index (χ3v) is 10.5. The number of carbonyl (C=O) groups excluding carboxylic acids is 1. The second-order valence-corrected chi connectivity index (χ2v) is 13.8. The Hall–Kier alpha value is -2.29. The van der Waals surface area contributed by atoms with E-state index in [1.165, 1.54) is 11.0 Å². The second-order valence-electron chi connectivity index (χ2n) is 9.07. The van der Waals surface area contributed by atoms with Crippen molar-refractivity contribution in [3.05, 3.63) is 34.5 Å². The van der Waals surface area contributed by atoms with Crippen LogP contribution in [-0.4, -0.2) is 52.8 Å². The number of amides is 1. The first-order valence-corrected chi connectivity index (χ1v) is 12.6. The van der Waals surface area contributed by atoms with E-state index in [9.17, 15) is 9.18 Å². The van der Waals surface area contributed by atoms with Gasteiger partial charge in [-0.2, -0.15) is 0 Å². The summed E-state index contributed by atoms with van der Waals surface area (Å²) in [5.41, 5.74) is 9.31. The number of cyclic esters (lactones) is 1. The number of azide groups is 1. The molecule has 0 saturated carbocycles. The van der Waals surface area contributed by atoms with Crippen LogP contribution in [0.15, 0.2) is 23.3 Å². The Labute approximate surface area is 171 Å². The van der Waals surface area contributed by atoms with Crippen LogP contribution in [0, 0.1) is 5.82 Å². The Morgan fingerprint density at radius 2 is 2.03 bits per heavy atom. The van der Waals surface area contributed by atoms with E-state index >= 15 is 0 Å². The fourth-order valence-electron chi connectivity index (χ4n) is 3.18. The van der Waals surface area contributed by atoms with E-state index in [0.717, 1.165) is 0 Å². The van der Waals surface area contributed by atoms with Gasteiger partial charge in [0.05, 0.1) is 30.6 Å². The van der Waals surface area contributed by atoms with Crippen LogP contribution in [0.5, 0.6) is 0 Å². The first kappa shape index (κ1) is 21.4. The Morgan fingerprint density at radius 3 is 2.62 bits per heavy atom. The van der Waals surface area contributed by atoms with Gasteiger partial charge in [0.2, 0.25) is 0 Å². The highest BCUT2D eigenvalue weighted by Gasteiger charge is 2.42. The average molecular weight is 422 g/mol. The van der Waals surface area contributed by atoms with Crippen LogP contribution < -0.4 is 9.80 Å². The summed E-state index contributed by atoms with van der Waals surface area (Å²) in [7, 11) is -1.84. The first-order valence-electron chi connectivity index (χ1n) is 9.73. The lowest BCUT2D eigenvalue weighted by molar-refractivity contribution is 0.145. The highest BCUT2D eigenvalue weighted by molar-refractivity contribution is 6.74. The Bertz CT molecular complexity index is 832. The zero-order valence-corrected chi connectivity index (χ0v) is 18.6. The molecule has 0 spiro atoms. The fourth-order valence-corrected chi connectivity index (χ4v) is 4.51. The lowest BCUT2D eigenvalue weighted by Crippen LogP contribution is -2.58. The number of ether oxygens (including phenoxy) is 1. The zero-order valence-electron chi connectivity index (χ0n) is 17.6. The van der Waals surface area contributed by atoms with Crippen LogP contribution in [0.25, 0.3) is 10.4 Å². The van der Waals surface area contributed by atoms with Gasteiger partial charge in [-0.25, -0.2) is 9.18 Å². The lowest BCUT2D eigenvalue weighted by Gasteiger charge is -2.47. The highest BCUT2D eigenvalue weighted by Crippen LogP contribution is 2.39. The van der Waals surface area contributed by atoms with Crippen molar-refractivity contribution in [3.63, 3.8) is 0 Å². The maximum atomic E-state index is 14.7. The van der Waals surface area contributed by atoms with Crippen molar-refractivity contribution in [3.8, 4) is 0 Å². The predicted octanol–water partition coefficient (Wildman–Crippen LogP) is 4.67. The summed E-state index contributed by atoms with van der Waals surface area (Å²) in [6.07, 6.45) is -0.975. The third kappa shape index (κ3) is 4.49. The largest absolute Gasteiger partial charge is 0.444 e. The average Bonchev–Trinajstić information content (AvgIpc) is 2.96. The third-order valence-electron chi connectivity index (χ3n) is 5.92. The van der Waals surface area contributed by atoms with Crippen LogP contribution in [0.3, 0.4) is 0 Å². The van der Waals surface area contributed by atoms with Crippen molar-refractivity contribution in [2.75, 3.05) is 36.0 Å². The van der Waals surface area contributed by atoms with Crippen molar-refractivity contribution < 1.29 is 18.3 Å². The quantitative estimate of drug-likeness (QED) is 0.289. The molecule has 1 amide bonds. The Morgan fingerprint density at radius 1 is 1.34 bits per heavy atom. The van der Waals surface area contributed by atoms with Crippen molar-refractivity contribution in [1.29, 1.82) is 0 Å². The van der Waals surface area contributed by atoms with Crippen LogP contribution >= 0.6 is 0 Å². The number of carbonyl (C=O) groups is 1. The maximum absolute atomic E-state index is 14.7. The number of hydrogen-bond donors (Lipinski definition) is 0. The summed E-state index contributed by atoms with van der Waals surface area (Å²) in [6, 6.07) is 4.73. The standard InChI is InChI=1S/C19H28FN5O3Si/c1-19(2,3)29(4,5)28-15-10-24(11-15)17-7-6-13(8-16(17)20)25-12-14(9-22-23-21)27-18(25)26/h6-8,14-15H,9-12H2,1-5H3. The molecule has 158 valence electrons. The maximum Gasteiger partial charge on any atom is 0.414 e. The number of hydrogen-bond acceptors (Lipinski definition) is 5. The van der Waals surface area contributed by atoms with Crippen LogP contribution in [0.1, 0.15) is 20.8 Å². The molecule has 1 atom stereocenters. The molecule has 1 aromatic carbocycles. The molecular formula is C19H28FN5O3Si. The van der Waals surface area contributed by atoms with E-state index in [2.05, 4.69) is 43.9 Å². The van der Waals surface area contributed by atoms with Gasteiger partial charge in [-0.05, 0) is 41.9 Å². The van der Waals surface area contributed by atoms with E-state index in [1.54, 1.807) is 12.1 Å². The van der Waals surface area contributed by atoms with Crippen molar-refractivity contribution in [2.24, 2.45) is 5.11 Å². The van der Waals surface area contributed by atoms with Gasteiger partial charge < -0.3 is 14.1 Å². The molecule has 3 rings (SSSR count). The Kier molecular flexibility index (Phi) is 5.80. The topological polar surface area (TPSA) is 90.8 Å². The van der Waals surface area contributed by atoms with Crippen molar-refractivity contribution in [1.82, 2.24) is 0 Å². The molecule has 10 heteroatoms. The van der Waals surface area contributed by atoms with Gasteiger partial charge in [-0.15, -0.1) is 0 Å². The number of anilines is 2. The molecule has 29 heavy (non-hydrogen) atoms. The van der Waals surface area contributed by atoms with Gasteiger partial charge in [0.1, 0.15) is 11.9 Å². The summed E-state index contributed by atoms with van der Waals surface area (Å²) in [5.74, 6) is -0.389. The van der Waals surface area contributed by atoms with E-state index < -0.39 is 20.5 Å². The number of rotatable bonds is 6. The molecule has 2 heterocycles. The van der Waals surface area contributed by atoms with Gasteiger partial charge in [-0.1, -0.05) is 25.9 Å². The minimum atomic E-state index is -1.84. The summed E-state index contributed by atoms with van der Waals surface area (Å²) in [5, 5.41) is 3.56. The van der Waals surface area contributed by atoms with Crippen molar-refractivity contribution in [2.45, 2.75) is 51.1 Å². The molecule has 2 aliphatic rings. The summed E-state index contributed by atoms with van der Waals surface area (Å²) >= 11 is 0. The molecule has 2 aliphatic heterocycles. The van der Waals surface area contributed by atoms with Crippen LogP contribution in [-0.2, 0) is 9.16 Å². The van der Waals surface area contributed by atoms with E-state index in [0.29, 0.717) is 24.5 Å². The SMILES string of the molecule is CC(C)(C)[Si](C)(C)OC1CN(c2ccc(N3CC(CN=[N+]=[N-])OC3=O)cc2F)C1. The van der Waals surface area contributed by atoms with Gasteiger partial charge >= 0.3 is 6.09 Å². The molecule has 8 nitrogen and oxygen atoms in total. The first-order chi connectivity index (χ1) is 13.5. The fraction of sp³-hybridized carbons (Fsp3) is 0.632. The molecule has 0 bridgehead atoms. The minimum Gasteiger partial charge on any atom is -0.444 e. The van der Waals surface area contributed by atoms with Gasteiger partial charge in [0.15, 0.2) is 8.32 Å². The Balaban J connectivity index is 1.62. The molecule has 0 N–H and O–H groups in total. The monoisotopic (exact) mass is 421 g/mol. The molecule has 1 aromatic rings. The summed E-state index contributed by atoms with van der Waals surface area (Å²) < 4.78 is 26.2. The number of halogens is 1. The van der Waals surface area contributed by atoms with E-state index in [4.69, 9.17) is 14.7 Å².